The molecular formula is C15H23NO3. The third kappa shape index (κ3) is 3.85. The summed E-state index contributed by atoms with van der Waals surface area (Å²) in [5.74, 6) is 1.56. The summed E-state index contributed by atoms with van der Waals surface area (Å²) in [4.78, 5) is 0. The van der Waals surface area contributed by atoms with Crippen molar-refractivity contribution in [2.75, 3.05) is 20.8 Å². The summed E-state index contributed by atoms with van der Waals surface area (Å²) < 4.78 is 16.2. The molecule has 1 aromatic carbocycles. The third-order valence-corrected chi connectivity index (χ3v) is 3.63. The Bertz CT molecular complexity index is 380. The molecule has 1 heterocycles. The van der Waals surface area contributed by atoms with Crippen molar-refractivity contribution in [2.45, 2.75) is 37.8 Å². The summed E-state index contributed by atoms with van der Waals surface area (Å²) in [5, 5.41) is 0. The second-order valence-corrected chi connectivity index (χ2v) is 4.96. The monoisotopic (exact) mass is 265 g/mol. The standard InChI is InChI=1S/C15H23NO3/c1-17-13-8-11(9-14(10-13)18-2)15(16)6-5-12-4-3-7-19-12/h8-10,12,15H,3-7,16H2,1-2H3. The molecule has 0 bridgehead atoms. The average molecular weight is 265 g/mol. The van der Waals surface area contributed by atoms with E-state index in [9.17, 15) is 0 Å². The van der Waals surface area contributed by atoms with Gasteiger partial charge in [0.15, 0.2) is 0 Å². The Kier molecular flexibility index (Phi) is 5.05. The number of hydrogen-bond donors (Lipinski definition) is 1. The van der Waals surface area contributed by atoms with Crippen LogP contribution in [-0.2, 0) is 4.74 Å². The predicted molar refractivity (Wildman–Crippen MR) is 74.7 cm³/mol. The minimum absolute atomic E-state index is 0.00630. The van der Waals surface area contributed by atoms with Crippen LogP contribution in [-0.4, -0.2) is 26.9 Å². The quantitative estimate of drug-likeness (QED) is 0.859. The minimum Gasteiger partial charge on any atom is -0.497 e. The fourth-order valence-corrected chi connectivity index (χ4v) is 2.45. The van der Waals surface area contributed by atoms with Crippen LogP contribution in [0.3, 0.4) is 0 Å². The van der Waals surface area contributed by atoms with Crippen molar-refractivity contribution >= 4 is 0 Å². The van der Waals surface area contributed by atoms with E-state index in [1.54, 1.807) is 14.2 Å². The van der Waals surface area contributed by atoms with Crippen LogP contribution in [0, 0.1) is 0 Å². The van der Waals surface area contributed by atoms with Gasteiger partial charge >= 0.3 is 0 Å². The maximum absolute atomic E-state index is 6.25. The van der Waals surface area contributed by atoms with E-state index in [-0.39, 0.29) is 6.04 Å². The molecule has 1 saturated heterocycles. The molecule has 4 heteroatoms. The summed E-state index contributed by atoms with van der Waals surface area (Å²) >= 11 is 0. The van der Waals surface area contributed by atoms with Gasteiger partial charge in [0.05, 0.1) is 20.3 Å². The fraction of sp³-hybridized carbons (Fsp3) is 0.600. The van der Waals surface area contributed by atoms with Gasteiger partial charge in [-0.3, -0.25) is 0 Å². The lowest BCUT2D eigenvalue weighted by atomic mass is 9.99. The van der Waals surface area contributed by atoms with Crippen molar-refractivity contribution < 1.29 is 14.2 Å². The number of benzene rings is 1. The highest BCUT2D eigenvalue weighted by Crippen LogP contribution is 2.28. The van der Waals surface area contributed by atoms with Gasteiger partial charge in [-0.2, -0.15) is 0 Å². The summed E-state index contributed by atoms with van der Waals surface area (Å²) in [5.41, 5.74) is 7.30. The van der Waals surface area contributed by atoms with Crippen LogP contribution in [0.4, 0.5) is 0 Å². The molecule has 0 saturated carbocycles. The summed E-state index contributed by atoms with van der Waals surface area (Å²) in [6, 6.07) is 5.80. The first-order valence-corrected chi connectivity index (χ1v) is 6.83. The van der Waals surface area contributed by atoms with Crippen LogP contribution in [0.2, 0.25) is 0 Å². The number of nitrogens with two attached hydrogens (primary N) is 1. The molecule has 2 unspecified atom stereocenters. The minimum atomic E-state index is -0.00630. The van der Waals surface area contributed by atoms with Crippen LogP contribution in [0.25, 0.3) is 0 Å². The van der Waals surface area contributed by atoms with E-state index >= 15 is 0 Å². The van der Waals surface area contributed by atoms with E-state index in [2.05, 4.69) is 0 Å². The van der Waals surface area contributed by atoms with E-state index in [1.807, 2.05) is 18.2 Å². The maximum atomic E-state index is 6.25. The molecule has 0 radical (unpaired) electrons. The second-order valence-electron chi connectivity index (χ2n) is 4.96. The molecule has 0 aliphatic carbocycles. The average Bonchev–Trinajstić information content (AvgIpc) is 2.97. The Morgan fingerprint density at radius 1 is 1.26 bits per heavy atom. The number of hydrogen-bond acceptors (Lipinski definition) is 4. The van der Waals surface area contributed by atoms with Crippen LogP contribution in [0.1, 0.15) is 37.3 Å². The molecule has 0 spiro atoms. The first-order chi connectivity index (χ1) is 9.22. The van der Waals surface area contributed by atoms with E-state index in [0.29, 0.717) is 6.10 Å². The van der Waals surface area contributed by atoms with Crippen LogP contribution < -0.4 is 15.2 Å². The number of ether oxygens (including phenoxy) is 3. The molecule has 1 aliphatic rings. The van der Waals surface area contributed by atoms with E-state index < -0.39 is 0 Å². The molecule has 4 nitrogen and oxygen atoms in total. The summed E-state index contributed by atoms with van der Waals surface area (Å²) in [7, 11) is 3.30. The highest BCUT2D eigenvalue weighted by atomic mass is 16.5. The maximum Gasteiger partial charge on any atom is 0.122 e. The molecule has 19 heavy (non-hydrogen) atoms. The molecular weight excluding hydrogens is 242 g/mol. The normalized spacial score (nSPS) is 20.3. The largest absolute Gasteiger partial charge is 0.497 e. The fourth-order valence-electron chi connectivity index (χ4n) is 2.45. The van der Waals surface area contributed by atoms with Crippen LogP contribution >= 0.6 is 0 Å². The lowest BCUT2D eigenvalue weighted by Gasteiger charge is -2.16. The number of rotatable bonds is 6. The Hall–Kier alpha value is -1.26. The number of methoxy groups -OCH3 is 2. The van der Waals surface area contributed by atoms with E-state index in [4.69, 9.17) is 19.9 Å². The van der Waals surface area contributed by atoms with Gasteiger partial charge < -0.3 is 19.9 Å². The third-order valence-electron chi connectivity index (χ3n) is 3.63. The Morgan fingerprint density at radius 2 is 1.95 bits per heavy atom. The van der Waals surface area contributed by atoms with Crippen molar-refractivity contribution in [1.82, 2.24) is 0 Å². The first kappa shape index (κ1) is 14.2. The first-order valence-electron chi connectivity index (χ1n) is 6.83. The Balaban J connectivity index is 1.98. The molecule has 1 aliphatic heterocycles. The van der Waals surface area contributed by atoms with E-state index in [1.165, 1.54) is 6.42 Å². The van der Waals surface area contributed by atoms with Gasteiger partial charge in [0.2, 0.25) is 0 Å². The highest BCUT2D eigenvalue weighted by Gasteiger charge is 2.17. The lowest BCUT2D eigenvalue weighted by Crippen LogP contribution is -2.14. The highest BCUT2D eigenvalue weighted by molar-refractivity contribution is 5.39. The van der Waals surface area contributed by atoms with Crippen molar-refractivity contribution in [1.29, 1.82) is 0 Å². The van der Waals surface area contributed by atoms with Gasteiger partial charge in [0, 0.05) is 18.7 Å². The van der Waals surface area contributed by atoms with Crippen LogP contribution in [0.15, 0.2) is 18.2 Å². The van der Waals surface area contributed by atoms with Crippen molar-refractivity contribution in [3.05, 3.63) is 23.8 Å². The molecule has 2 N–H and O–H groups in total. The van der Waals surface area contributed by atoms with Crippen molar-refractivity contribution in [3.63, 3.8) is 0 Å². The van der Waals surface area contributed by atoms with Gasteiger partial charge in [0.25, 0.3) is 0 Å². The van der Waals surface area contributed by atoms with Crippen molar-refractivity contribution in [2.24, 2.45) is 5.73 Å². The molecule has 106 valence electrons. The molecule has 0 amide bonds. The SMILES string of the molecule is COc1cc(OC)cc(C(N)CCC2CCCO2)c1. The van der Waals surface area contributed by atoms with Gasteiger partial charge in [-0.25, -0.2) is 0 Å². The zero-order valence-electron chi connectivity index (χ0n) is 11.7. The summed E-state index contributed by atoms with van der Waals surface area (Å²) in [6.07, 6.45) is 4.65. The smallest absolute Gasteiger partial charge is 0.122 e. The van der Waals surface area contributed by atoms with Crippen molar-refractivity contribution in [3.8, 4) is 11.5 Å². The second kappa shape index (κ2) is 6.78. The lowest BCUT2D eigenvalue weighted by molar-refractivity contribution is 0.101. The van der Waals surface area contributed by atoms with Gasteiger partial charge in [-0.15, -0.1) is 0 Å². The van der Waals surface area contributed by atoms with Crippen LogP contribution in [0.5, 0.6) is 11.5 Å². The Labute approximate surface area is 114 Å². The Morgan fingerprint density at radius 3 is 2.47 bits per heavy atom. The van der Waals surface area contributed by atoms with Gasteiger partial charge in [0.1, 0.15) is 11.5 Å². The topological polar surface area (TPSA) is 53.7 Å². The summed E-state index contributed by atoms with van der Waals surface area (Å²) in [6.45, 7) is 0.896. The molecule has 1 aromatic rings. The zero-order valence-corrected chi connectivity index (χ0v) is 11.7. The molecule has 2 atom stereocenters. The predicted octanol–water partition coefficient (Wildman–Crippen LogP) is 2.66. The van der Waals surface area contributed by atoms with Gasteiger partial charge in [-0.05, 0) is 43.4 Å². The zero-order chi connectivity index (χ0) is 13.7. The molecule has 2 rings (SSSR count). The molecule has 0 aromatic heterocycles. The van der Waals surface area contributed by atoms with E-state index in [0.717, 1.165) is 42.9 Å². The molecule has 1 fully saturated rings. The van der Waals surface area contributed by atoms with Gasteiger partial charge in [-0.1, -0.05) is 0 Å².